The van der Waals surface area contributed by atoms with E-state index in [0.29, 0.717) is 17.0 Å². The van der Waals surface area contributed by atoms with Crippen molar-refractivity contribution in [1.82, 2.24) is 5.43 Å². The molecule has 1 saturated heterocycles. The smallest absolute Gasteiger partial charge is 0.129 e. The quantitative estimate of drug-likeness (QED) is 0.645. The molecule has 1 aliphatic rings. The van der Waals surface area contributed by atoms with Gasteiger partial charge in [0.05, 0.1) is 12.1 Å². The van der Waals surface area contributed by atoms with Gasteiger partial charge in [-0.3, -0.25) is 11.3 Å². The minimum atomic E-state index is -0.335. The third-order valence-electron chi connectivity index (χ3n) is 3.06. The molecule has 2 atom stereocenters. The van der Waals surface area contributed by atoms with Gasteiger partial charge in [-0.05, 0) is 31.4 Å². The monoisotopic (exact) mass is 258 g/mol. The molecule has 1 aliphatic heterocycles. The molecule has 3 nitrogen and oxygen atoms in total. The molecule has 0 radical (unpaired) electrons. The molecule has 1 aromatic rings. The molecular weight excluding hydrogens is 243 g/mol. The van der Waals surface area contributed by atoms with Crippen molar-refractivity contribution in [3.8, 4) is 0 Å². The van der Waals surface area contributed by atoms with Crippen LogP contribution >= 0.6 is 11.6 Å². The zero-order chi connectivity index (χ0) is 12.3. The number of hydrazine groups is 1. The maximum Gasteiger partial charge on any atom is 0.129 e. The Bertz CT molecular complexity index is 383. The summed E-state index contributed by atoms with van der Waals surface area (Å²) in [6.45, 7) is 0.783. The van der Waals surface area contributed by atoms with Gasteiger partial charge in [-0.25, -0.2) is 4.39 Å². The SMILES string of the molecule is NNC(CC1CCCO1)c1ccc(Cl)cc1F. The fraction of sp³-hybridized carbons (Fsp3) is 0.500. The molecule has 0 aliphatic carbocycles. The Kier molecular flexibility index (Phi) is 4.34. The fourth-order valence-corrected chi connectivity index (χ4v) is 2.32. The van der Waals surface area contributed by atoms with Crippen molar-refractivity contribution in [2.45, 2.75) is 31.4 Å². The lowest BCUT2D eigenvalue weighted by molar-refractivity contribution is 0.0942. The van der Waals surface area contributed by atoms with Crippen molar-refractivity contribution in [2.24, 2.45) is 5.84 Å². The van der Waals surface area contributed by atoms with Crippen molar-refractivity contribution in [3.63, 3.8) is 0 Å². The third kappa shape index (κ3) is 3.16. The highest BCUT2D eigenvalue weighted by atomic mass is 35.5. The van der Waals surface area contributed by atoms with Gasteiger partial charge in [0.1, 0.15) is 5.82 Å². The van der Waals surface area contributed by atoms with E-state index in [-0.39, 0.29) is 18.0 Å². The topological polar surface area (TPSA) is 47.3 Å². The fourth-order valence-electron chi connectivity index (χ4n) is 2.16. The normalized spacial score (nSPS) is 21.7. The summed E-state index contributed by atoms with van der Waals surface area (Å²) in [6.07, 6.45) is 2.90. The van der Waals surface area contributed by atoms with Crippen LogP contribution in [-0.4, -0.2) is 12.7 Å². The average Bonchev–Trinajstić information content (AvgIpc) is 2.79. The maximum absolute atomic E-state index is 13.7. The number of nitrogens with one attached hydrogen (secondary N) is 1. The first-order chi connectivity index (χ1) is 8.20. The Hall–Kier alpha value is -0.680. The Morgan fingerprint density at radius 3 is 3.00 bits per heavy atom. The highest BCUT2D eigenvalue weighted by Crippen LogP contribution is 2.27. The Labute approximate surface area is 105 Å². The first kappa shape index (κ1) is 12.8. The zero-order valence-electron chi connectivity index (χ0n) is 9.46. The lowest BCUT2D eigenvalue weighted by atomic mass is 9.99. The molecule has 0 aromatic heterocycles. The van der Waals surface area contributed by atoms with Gasteiger partial charge in [0.2, 0.25) is 0 Å². The van der Waals surface area contributed by atoms with E-state index in [2.05, 4.69) is 5.43 Å². The average molecular weight is 259 g/mol. The number of halogens is 2. The van der Waals surface area contributed by atoms with E-state index in [1.54, 1.807) is 12.1 Å². The van der Waals surface area contributed by atoms with Crippen molar-refractivity contribution < 1.29 is 9.13 Å². The zero-order valence-corrected chi connectivity index (χ0v) is 10.2. The van der Waals surface area contributed by atoms with Gasteiger partial charge in [-0.2, -0.15) is 0 Å². The van der Waals surface area contributed by atoms with E-state index >= 15 is 0 Å². The molecule has 17 heavy (non-hydrogen) atoms. The van der Waals surface area contributed by atoms with Crippen LogP contribution in [0, 0.1) is 5.82 Å². The first-order valence-corrected chi connectivity index (χ1v) is 6.11. The molecule has 0 saturated carbocycles. The third-order valence-corrected chi connectivity index (χ3v) is 3.30. The molecule has 0 bridgehead atoms. The highest BCUT2D eigenvalue weighted by molar-refractivity contribution is 6.30. The molecular formula is C12H16ClFN2O. The minimum absolute atomic E-state index is 0.158. The number of benzene rings is 1. The van der Waals surface area contributed by atoms with Crippen LogP contribution in [0.2, 0.25) is 5.02 Å². The molecule has 5 heteroatoms. The van der Waals surface area contributed by atoms with Crippen LogP contribution in [0.25, 0.3) is 0 Å². The second-order valence-corrected chi connectivity index (χ2v) is 4.69. The first-order valence-electron chi connectivity index (χ1n) is 5.73. The van der Waals surface area contributed by atoms with E-state index in [1.807, 2.05) is 0 Å². The largest absolute Gasteiger partial charge is 0.378 e. The van der Waals surface area contributed by atoms with Crippen LogP contribution in [0.5, 0.6) is 0 Å². The van der Waals surface area contributed by atoms with Gasteiger partial charge in [-0.1, -0.05) is 17.7 Å². The predicted octanol–water partition coefficient (Wildman–Crippen LogP) is 2.55. The van der Waals surface area contributed by atoms with Gasteiger partial charge >= 0.3 is 0 Å². The Morgan fingerprint density at radius 1 is 1.59 bits per heavy atom. The predicted molar refractivity (Wildman–Crippen MR) is 65.1 cm³/mol. The summed E-state index contributed by atoms with van der Waals surface area (Å²) >= 11 is 5.72. The van der Waals surface area contributed by atoms with Crippen molar-refractivity contribution in [1.29, 1.82) is 0 Å². The van der Waals surface area contributed by atoms with Crippen LogP contribution in [-0.2, 0) is 4.74 Å². The summed E-state index contributed by atoms with van der Waals surface area (Å²) in [5, 5.41) is 0.388. The van der Waals surface area contributed by atoms with Crippen LogP contribution in [0.4, 0.5) is 4.39 Å². The van der Waals surface area contributed by atoms with E-state index in [1.165, 1.54) is 6.07 Å². The molecule has 2 rings (SSSR count). The number of hydrogen-bond donors (Lipinski definition) is 2. The standard InChI is InChI=1S/C12H16ClFN2O/c13-8-3-4-10(11(14)6-8)12(16-15)7-9-2-1-5-17-9/h3-4,6,9,12,16H,1-2,5,7,15H2. The van der Waals surface area contributed by atoms with Crippen molar-refractivity contribution >= 4 is 11.6 Å². The molecule has 1 fully saturated rings. The molecule has 1 aromatic carbocycles. The highest BCUT2D eigenvalue weighted by Gasteiger charge is 2.23. The van der Waals surface area contributed by atoms with E-state index in [4.69, 9.17) is 22.2 Å². The van der Waals surface area contributed by atoms with Crippen molar-refractivity contribution in [3.05, 3.63) is 34.6 Å². The van der Waals surface area contributed by atoms with Crippen molar-refractivity contribution in [2.75, 3.05) is 6.61 Å². The number of ether oxygens (including phenoxy) is 1. The number of nitrogens with two attached hydrogens (primary N) is 1. The molecule has 1 heterocycles. The minimum Gasteiger partial charge on any atom is -0.378 e. The molecule has 0 spiro atoms. The Balaban J connectivity index is 2.10. The van der Waals surface area contributed by atoms with Gasteiger partial charge in [0.25, 0.3) is 0 Å². The number of hydrogen-bond acceptors (Lipinski definition) is 3. The summed E-state index contributed by atoms with van der Waals surface area (Å²) in [4.78, 5) is 0. The summed E-state index contributed by atoms with van der Waals surface area (Å²) in [5.74, 6) is 5.15. The van der Waals surface area contributed by atoms with Gasteiger partial charge in [0, 0.05) is 17.2 Å². The van der Waals surface area contributed by atoms with E-state index in [0.717, 1.165) is 19.4 Å². The van der Waals surface area contributed by atoms with E-state index < -0.39 is 0 Å². The number of rotatable bonds is 4. The molecule has 3 N–H and O–H groups in total. The lowest BCUT2D eigenvalue weighted by Crippen LogP contribution is -2.31. The van der Waals surface area contributed by atoms with Crippen LogP contribution < -0.4 is 11.3 Å². The van der Waals surface area contributed by atoms with Gasteiger partial charge < -0.3 is 4.74 Å². The van der Waals surface area contributed by atoms with Crippen LogP contribution in [0.15, 0.2) is 18.2 Å². The Morgan fingerprint density at radius 2 is 2.41 bits per heavy atom. The van der Waals surface area contributed by atoms with E-state index in [9.17, 15) is 4.39 Å². The van der Waals surface area contributed by atoms with Crippen LogP contribution in [0.1, 0.15) is 30.9 Å². The summed E-state index contributed by atoms with van der Waals surface area (Å²) in [6, 6.07) is 4.39. The lowest BCUT2D eigenvalue weighted by Gasteiger charge is -2.20. The maximum atomic E-state index is 13.7. The summed E-state index contributed by atoms with van der Waals surface area (Å²) in [7, 11) is 0. The molecule has 2 unspecified atom stereocenters. The summed E-state index contributed by atoms with van der Waals surface area (Å²) in [5.41, 5.74) is 3.18. The van der Waals surface area contributed by atoms with Gasteiger partial charge in [-0.15, -0.1) is 0 Å². The van der Waals surface area contributed by atoms with Gasteiger partial charge in [0.15, 0.2) is 0 Å². The molecule has 0 amide bonds. The second kappa shape index (κ2) is 5.78. The summed E-state index contributed by atoms with van der Waals surface area (Å²) < 4.78 is 19.3. The molecule has 94 valence electrons. The van der Waals surface area contributed by atoms with Crippen LogP contribution in [0.3, 0.4) is 0 Å². The second-order valence-electron chi connectivity index (χ2n) is 4.26.